The summed E-state index contributed by atoms with van der Waals surface area (Å²) in [5, 5.41) is 0. The van der Waals surface area contributed by atoms with Crippen molar-refractivity contribution < 1.29 is 4.79 Å². The van der Waals surface area contributed by atoms with E-state index in [1.165, 1.54) is 0 Å². The standard InChI is InChI=1S/C17H16N2O/c1-17-12-6-3-2-5-11(12)15-16(19-10-9-18-15)13(17)7-4-8-14(17)20/h2-3,5-6,9-10,13H,4,7-8H2,1H3/t13-,17-/m0/s1. The zero-order chi connectivity index (χ0) is 13.7. The number of hydrogen-bond acceptors (Lipinski definition) is 3. The second-order valence-corrected chi connectivity index (χ2v) is 5.91. The lowest BCUT2D eigenvalue weighted by atomic mass is 9.58. The molecule has 0 amide bonds. The highest BCUT2D eigenvalue weighted by Gasteiger charge is 2.50. The highest BCUT2D eigenvalue weighted by molar-refractivity contribution is 5.95. The highest BCUT2D eigenvalue weighted by Crippen LogP contribution is 2.53. The molecule has 2 aliphatic rings. The zero-order valence-electron chi connectivity index (χ0n) is 11.5. The second kappa shape index (κ2) is 3.98. The lowest BCUT2D eigenvalue weighted by Gasteiger charge is -2.44. The Morgan fingerprint density at radius 2 is 2.00 bits per heavy atom. The molecule has 4 rings (SSSR count). The fourth-order valence-electron chi connectivity index (χ4n) is 3.91. The zero-order valence-corrected chi connectivity index (χ0v) is 11.5. The van der Waals surface area contributed by atoms with E-state index in [-0.39, 0.29) is 5.92 Å². The number of Topliss-reactive ketones (excluding diaryl/α,β-unsaturated/α-hetero) is 1. The Kier molecular flexibility index (Phi) is 2.34. The van der Waals surface area contributed by atoms with Crippen molar-refractivity contribution >= 4 is 5.78 Å². The molecule has 0 unspecified atom stereocenters. The van der Waals surface area contributed by atoms with Gasteiger partial charge in [0.05, 0.1) is 16.8 Å². The van der Waals surface area contributed by atoms with Crippen molar-refractivity contribution in [1.29, 1.82) is 0 Å². The lowest BCUT2D eigenvalue weighted by molar-refractivity contribution is -0.126. The molecule has 0 aliphatic heterocycles. The minimum atomic E-state index is -0.433. The number of rotatable bonds is 0. The van der Waals surface area contributed by atoms with Crippen LogP contribution in [0.3, 0.4) is 0 Å². The molecular weight excluding hydrogens is 248 g/mol. The summed E-state index contributed by atoms with van der Waals surface area (Å²) >= 11 is 0. The third-order valence-electron chi connectivity index (χ3n) is 4.97. The third-order valence-corrected chi connectivity index (χ3v) is 4.97. The Hall–Kier alpha value is -2.03. The summed E-state index contributed by atoms with van der Waals surface area (Å²) in [5.41, 5.74) is 3.73. The van der Waals surface area contributed by atoms with Crippen LogP contribution in [0.5, 0.6) is 0 Å². The highest BCUT2D eigenvalue weighted by atomic mass is 16.1. The van der Waals surface area contributed by atoms with E-state index in [1.807, 2.05) is 12.1 Å². The van der Waals surface area contributed by atoms with Gasteiger partial charge in [0.2, 0.25) is 0 Å². The van der Waals surface area contributed by atoms with Gasteiger partial charge in [-0.25, -0.2) is 0 Å². The minimum Gasteiger partial charge on any atom is -0.299 e. The Bertz CT molecular complexity index is 710. The van der Waals surface area contributed by atoms with Crippen molar-refractivity contribution in [2.45, 2.75) is 37.5 Å². The maximum Gasteiger partial charge on any atom is 0.143 e. The quantitative estimate of drug-likeness (QED) is 0.733. The van der Waals surface area contributed by atoms with Crippen LogP contribution in [0.25, 0.3) is 11.3 Å². The molecule has 1 aromatic heterocycles. The predicted molar refractivity (Wildman–Crippen MR) is 76.4 cm³/mol. The van der Waals surface area contributed by atoms with Gasteiger partial charge in [-0.1, -0.05) is 24.3 Å². The fraction of sp³-hybridized carbons (Fsp3) is 0.353. The van der Waals surface area contributed by atoms with Gasteiger partial charge in [-0.05, 0) is 25.3 Å². The molecule has 0 radical (unpaired) electrons. The molecule has 0 bridgehead atoms. The van der Waals surface area contributed by atoms with Crippen molar-refractivity contribution in [1.82, 2.24) is 9.97 Å². The summed E-state index contributed by atoms with van der Waals surface area (Å²) in [4.78, 5) is 21.8. The fourth-order valence-corrected chi connectivity index (χ4v) is 3.91. The topological polar surface area (TPSA) is 42.9 Å². The summed E-state index contributed by atoms with van der Waals surface area (Å²) in [6.07, 6.45) is 6.13. The van der Waals surface area contributed by atoms with E-state index >= 15 is 0 Å². The van der Waals surface area contributed by atoms with Crippen LogP contribution < -0.4 is 0 Å². The first-order chi connectivity index (χ1) is 9.73. The van der Waals surface area contributed by atoms with Crippen LogP contribution in [0.2, 0.25) is 0 Å². The van der Waals surface area contributed by atoms with Crippen LogP contribution in [-0.2, 0) is 10.2 Å². The number of nitrogens with zero attached hydrogens (tertiary/aromatic N) is 2. The number of carbonyl (C=O) groups excluding carboxylic acids is 1. The van der Waals surface area contributed by atoms with Crippen LogP contribution in [0.15, 0.2) is 36.7 Å². The predicted octanol–water partition coefficient (Wildman–Crippen LogP) is 3.25. The van der Waals surface area contributed by atoms with Gasteiger partial charge in [0, 0.05) is 30.3 Å². The van der Waals surface area contributed by atoms with Crippen molar-refractivity contribution in [2.75, 3.05) is 0 Å². The number of hydrogen-bond donors (Lipinski definition) is 0. The number of fused-ring (bicyclic) bond motifs is 6. The van der Waals surface area contributed by atoms with Gasteiger partial charge in [-0.2, -0.15) is 0 Å². The molecule has 1 heterocycles. The summed E-state index contributed by atoms with van der Waals surface area (Å²) in [6.45, 7) is 2.09. The SMILES string of the molecule is C[C@@]12C(=O)CCC[C@H]1c1nccnc1-c1ccccc12. The summed E-state index contributed by atoms with van der Waals surface area (Å²) in [6, 6.07) is 8.17. The Morgan fingerprint density at radius 1 is 1.20 bits per heavy atom. The average Bonchev–Trinajstić information content (AvgIpc) is 2.50. The summed E-state index contributed by atoms with van der Waals surface area (Å²) in [5.74, 6) is 0.514. The first-order valence-electron chi connectivity index (χ1n) is 7.17. The summed E-state index contributed by atoms with van der Waals surface area (Å²) < 4.78 is 0. The largest absolute Gasteiger partial charge is 0.299 e. The molecule has 1 saturated carbocycles. The van der Waals surface area contributed by atoms with Crippen molar-refractivity contribution in [3.63, 3.8) is 0 Å². The van der Waals surface area contributed by atoms with Crippen LogP contribution >= 0.6 is 0 Å². The Labute approximate surface area is 118 Å². The van der Waals surface area contributed by atoms with Crippen molar-refractivity contribution in [2.24, 2.45) is 0 Å². The van der Waals surface area contributed by atoms with Gasteiger partial charge in [0.15, 0.2) is 0 Å². The van der Waals surface area contributed by atoms with Crippen molar-refractivity contribution in [3.05, 3.63) is 47.9 Å². The van der Waals surface area contributed by atoms with E-state index in [9.17, 15) is 4.79 Å². The first-order valence-corrected chi connectivity index (χ1v) is 7.17. The molecule has 20 heavy (non-hydrogen) atoms. The normalized spacial score (nSPS) is 27.4. The van der Waals surface area contributed by atoms with E-state index in [0.29, 0.717) is 12.2 Å². The maximum absolute atomic E-state index is 12.7. The Morgan fingerprint density at radius 3 is 2.90 bits per heavy atom. The van der Waals surface area contributed by atoms with E-state index < -0.39 is 5.41 Å². The molecule has 1 aromatic carbocycles. The van der Waals surface area contributed by atoms with Crippen LogP contribution in [0, 0.1) is 0 Å². The minimum absolute atomic E-state index is 0.169. The van der Waals surface area contributed by atoms with Gasteiger partial charge >= 0.3 is 0 Å². The van der Waals surface area contributed by atoms with E-state index in [2.05, 4.69) is 29.0 Å². The number of aromatic nitrogens is 2. The number of benzene rings is 1. The molecule has 2 atom stereocenters. The second-order valence-electron chi connectivity index (χ2n) is 5.91. The molecule has 2 aliphatic carbocycles. The molecule has 1 fully saturated rings. The molecule has 0 saturated heterocycles. The third kappa shape index (κ3) is 1.33. The monoisotopic (exact) mass is 264 g/mol. The van der Waals surface area contributed by atoms with E-state index in [4.69, 9.17) is 0 Å². The van der Waals surface area contributed by atoms with E-state index in [1.54, 1.807) is 12.4 Å². The molecule has 3 nitrogen and oxygen atoms in total. The van der Waals surface area contributed by atoms with E-state index in [0.717, 1.165) is 35.4 Å². The first kappa shape index (κ1) is 11.8. The van der Waals surface area contributed by atoms with Gasteiger partial charge < -0.3 is 0 Å². The molecule has 0 N–H and O–H groups in total. The van der Waals surface area contributed by atoms with Crippen LogP contribution in [0.4, 0.5) is 0 Å². The smallest absolute Gasteiger partial charge is 0.143 e. The maximum atomic E-state index is 12.7. The average molecular weight is 264 g/mol. The lowest BCUT2D eigenvalue weighted by Crippen LogP contribution is -2.44. The molecule has 100 valence electrons. The number of ketones is 1. The number of carbonyl (C=O) groups is 1. The molecule has 0 spiro atoms. The summed E-state index contributed by atoms with van der Waals surface area (Å²) in [7, 11) is 0. The van der Waals surface area contributed by atoms with Crippen LogP contribution in [-0.4, -0.2) is 15.8 Å². The Balaban J connectivity index is 2.08. The molecule has 3 heteroatoms. The van der Waals surface area contributed by atoms with Crippen LogP contribution in [0.1, 0.15) is 43.4 Å². The van der Waals surface area contributed by atoms with Gasteiger partial charge in [-0.3, -0.25) is 14.8 Å². The molecular formula is C17H16N2O. The molecule has 2 aromatic rings. The van der Waals surface area contributed by atoms with Gasteiger partial charge in [0.25, 0.3) is 0 Å². The van der Waals surface area contributed by atoms with Crippen molar-refractivity contribution in [3.8, 4) is 11.3 Å². The van der Waals surface area contributed by atoms with Gasteiger partial charge in [-0.15, -0.1) is 0 Å². The van der Waals surface area contributed by atoms with Gasteiger partial charge in [0.1, 0.15) is 5.78 Å².